The zero-order chi connectivity index (χ0) is 17.9. The molecule has 0 N–H and O–H groups in total. The van der Waals surface area contributed by atoms with Crippen molar-refractivity contribution < 1.29 is 9.18 Å². The molecule has 1 atom stereocenters. The molecule has 134 valence electrons. The number of likely N-dealkylation sites (tertiary alicyclic amines) is 1. The van der Waals surface area contributed by atoms with Crippen molar-refractivity contribution in [1.82, 2.24) is 9.88 Å². The average Bonchev–Trinajstić information content (AvgIpc) is 3.12. The zero-order valence-corrected chi connectivity index (χ0v) is 15.9. The summed E-state index contributed by atoms with van der Waals surface area (Å²) in [7, 11) is 0. The topological polar surface area (TPSA) is 36.4 Å². The number of carbonyl (C=O) groups is 1. The molecule has 6 heteroatoms. The highest BCUT2D eigenvalue weighted by Crippen LogP contribution is 2.56. The van der Waals surface area contributed by atoms with E-state index in [0.29, 0.717) is 0 Å². The van der Waals surface area contributed by atoms with Gasteiger partial charge < -0.3 is 4.90 Å². The van der Waals surface area contributed by atoms with Crippen LogP contribution in [-0.4, -0.2) is 29.0 Å². The summed E-state index contributed by atoms with van der Waals surface area (Å²) in [4.78, 5) is 21.9. The molecule has 5 rings (SSSR count). The van der Waals surface area contributed by atoms with Crippen LogP contribution in [0.1, 0.15) is 43.0 Å². The molecule has 0 bridgehead atoms. The molecule has 0 radical (unpaired) electrons. The number of fused-ring (bicyclic) bond motifs is 2. The van der Waals surface area contributed by atoms with E-state index in [1.165, 1.54) is 12.1 Å². The minimum Gasteiger partial charge on any atom is -0.317 e. The summed E-state index contributed by atoms with van der Waals surface area (Å²) >= 11 is 3.49. The third kappa shape index (κ3) is 2.46. The molecule has 1 saturated heterocycles. The van der Waals surface area contributed by atoms with Gasteiger partial charge in [0.25, 0.3) is 0 Å². The Kier molecular flexibility index (Phi) is 3.61. The van der Waals surface area contributed by atoms with Gasteiger partial charge in [0.15, 0.2) is 0 Å². The third-order valence-electron chi connectivity index (χ3n) is 5.93. The Morgan fingerprint density at radius 2 is 2.04 bits per heavy atom. The number of pyridine rings is 1. The quantitative estimate of drug-likeness (QED) is 0.670. The summed E-state index contributed by atoms with van der Waals surface area (Å²) < 4.78 is 14.2. The number of nitrogens with zero attached hydrogens (tertiary/aromatic N) is 3. The van der Waals surface area contributed by atoms with Crippen LogP contribution in [0.5, 0.6) is 0 Å². The molecule has 26 heavy (non-hydrogen) atoms. The Bertz CT molecular complexity index is 881. The van der Waals surface area contributed by atoms with Crippen LogP contribution in [0.3, 0.4) is 0 Å². The number of hydrogen-bond acceptors (Lipinski definition) is 2. The fraction of sp³-hybridized carbons (Fsp3) is 0.400. The maximum Gasteiger partial charge on any atom is 0.325 e. The van der Waals surface area contributed by atoms with E-state index < -0.39 is 0 Å². The lowest BCUT2D eigenvalue weighted by molar-refractivity contribution is 0.200. The van der Waals surface area contributed by atoms with E-state index >= 15 is 0 Å². The number of rotatable bonds is 1. The van der Waals surface area contributed by atoms with E-state index in [2.05, 4.69) is 20.9 Å². The Labute approximate surface area is 160 Å². The fourth-order valence-electron chi connectivity index (χ4n) is 4.40. The molecule has 0 unspecified atom stereocenters. The standard InChI is InChI=1S/C20H19BrFN3O/c21-14-10-17-18(23-11-14)20(7-8-20)12-25(17)19(26)24-9-1-2-16(24)13-3-5-15(22)6-4-13/h3-6,10-11,16H,1-2,7-9,12H2/t16-/m0/s1. The van der Waals surface area contributed by atoms with Gasteiger partial charge in [-0.3, -0.25) is 9.88 Å². The molecule has 1 aromatic heterocycles. The van der Waals surface area contributed by atoms with Crippen molar-refractivity contribution in [3.8, 4) is 0 Å². The molecule has 2 aromatic rings. The lowest BCUT2D eigenvalue weighted by Crippen LogP contribution is -2.43. The van der Waals surface area contributed by atoms with E-state index in [9.17, 15) is 9.18 Å². The molecular weight excluding hydrogens is 397 g/mol. The lowest BCUT2D eigenvalue weighted by Gasteiger charge is -2.30. The summed E-state index contributed by atoms with van der Waals surface area (Å²) in [6.07, 6.45) is 5.90. The van der Waals surface area contributed by atoms with Gasteiger partial charge in [0.05, 0.1) is 17.4 Å². The molecule has 1 aromatic carbocycles. The third-order valence-corrected chi connectivity index (χ3v) is 6.36. The van der Waals surface area contributed by atoms with Crippen LogP contribution >= 0.6 is 15.9 Å². The Morgan fingerprint density at radius 3 is 2.77 bits per heavy atom. The van der Waals surface area contributed by atoms with E-state index in [4.69, 9.17) is 0 Å². The first-order valence-electron chi connectivity index (χ1n) is 9.07. The van der Waals surface area contributed by atoms with Gasteiger partial charge in [-0.1, -0.05) is 12.1 Å². The normalized spacial score (nSPS) is 22.8. The Hall–Kier alpha value is -1.95. The van der Waals surface area contributed by atoms with Crippen LogP contribution in [0, 0.1) is 5.82 Å². The molecule has 3 heterocycles. The van der Waals surface area contributed by atoms with Gasteiger partial charge in [-0.25, -0.2) is 9.18 Å². The minimum atomic E-state index is -0.246. The van der Waals surface area contributed by atoms with Crippen LogP contribution in [0.4, 0.5) is 14.9 Å². The van der Waals surface area contributed by atoms with Crippen LogP contribution in [0.25, 0.3) is 0 Å². The van der Waals surface area contributed by atoms with E-state index in [1.807, 2.05) is 22.1 Å². The Balaban J connectivity index is 1.47. The van der Waals surface area contributed by atoms with Crippen molar-refractivity contribution in [2.45, 2.75) is 37.1 Å². The van der Waals surface area contributed by atoms with Crippen LogP contribution in [-0.2, 0) is 5.41 Å². The number of benzene rings is 1. The molecule has 2 amide bonds. The first-order valence-corrected chi connectivity index (χ1v) is 9.86. The summed E-state index contributed by atoms with van der Waals surface area (Å²) in [6.45, 7) is 1.46. The number of hydrogen-bond donors (Lipinski definition) is 0. The molecule has 2 fully saturated rings. The second kappa shape index (κ2) is 5.78. The molecule has 1 aliphatic carbocycles. The highest BCUT2D eigenvalue weighted by atomic mass is 79.9. The van der Waals surface area contributed by atoms with Gasteiger partial charge in [-0.05, 0) is 65.4 Å². The van der Waals surface area contributed by atoms with Crippen molar-refractivity contribution in [3.05, 3.63) is 58.1 Å². The van der Waals surface area contributed by atoms with Gasteiger partial charge in [-0.2, -0.15) is 0 Å². The maximum atomic E-state index is 13.4. The van der Waals surface area contributed by atoms with Crippen LogP contribution in [0.2, 0.25) is 0 Å². The number of amides is 2. The molecule has 1 saturated carbocycles. The number of anilines is 1. The number of urea groups is 1. The van der Waals surface area contributed by atoms with E-state index in [1.54, 1.807) is 12.1 Å². The number of halogens is 2. The number of carbonyl (C=O) groups excluding carboxylic acids is 1. The smallest absolute Gasteiger partial charge is 0.317 e. The van der Waals surface area contributed by atoms with Gasteiger partial charge in [0.2, 0.25) is 0 Å². The lowest BCUT2D eigenvalue weighted by atomic mass is 10.0. The van der Waals surface area contributed by atoms with Crippen molar-refractivity contribution in [1.29, 1.82) is 0 Å². The monoisotopic (exact) mass is 415 g/mol. The van der Waals surface area contributed by atoms with Gasteiger partial charge in [0.1, 0.15) is 5.82 Å². The molecule has 3 aliphatic rings. The van der Waals surface area contributed by atoms with Gasteiger partial charge in [0, 0.05) is 29.2 Å². The summed E-state index contributed by atoms with van der Waals surface area (Å²) in [6, 6.07) is 8.61. The minimum absolute atomic E-state index is 0.0161. The largest absolute Gasteiger partial charge is 0.325 e. The SMILES string of the molecule is O=C(N1CC2(CC2)c2ncc(Br)cc21)N1CCC[C@H]1c1ccc(F)cc1. The highest BCUT2D eigenvalue weighted by molar-refractivity contribution is 9.10. The fourth-order valence-corrected chi connectivity index (χ4v) is 4.72. The summed E-state index contributed by atoms with van der Waals surface area (Å²) in [5.41, 5.74) is 3.07. The summed E-state index contributed by atoms with van der Waals surface area (Å²) in [5.74, 6) is -0.246. The van der Waals surface area contributed by atoms with E-state index in [0.717, 1.165) is 60.2 Å². The van der Waals surface area contributed by atoms with Crippen molar-refractivity contribution in [2.75, 3.05) is 18.0 Å². The Morgan fingerprint density at radius 1 is 1.27 bits per heavy atom. The van der Waals surface area contributed by atoms with Crippen molar-refractivity contribution in [2.24, 2.45) is 0 Å². The molecular formula is C20H19BrFN3O. The molecule has 2 aliphatic heterocycles. The predicted octanol–water partition coefficient (Wildman–Crippen LogP) is 4.79. The van der Waals surface area contributed by atoms with Crippen LogP contribution in [0.15, 0.2) is 41.0 Å². The summed E-state index contributed by atoms with van der Waals surface area (Å²) in [5, 5.41) is 0. The highest BCUT2D eigenvalue weighted by Gasteiger charge is 2.55. The first-order chi connectivity index (χ1) is 12.6. The van der Waals surface area contributed by atoms with Crippen molar-refractivity contribution in [3.63, 3.8) is 0 Å². The van der Waals surface area contributed by atoms with Gasteiger partial charge >= 0.3 is 6.03 Å². The second-order valence-corrected chi connectivity index (χ2v) is 8.49. The van der Waals surface area contributed by atoms with Crippen molar-refractivity contribution >= 4 is 27.6 Å². The molecule has 1 spiro atoms. The second-order valence-electron chi connectivity index (χ2n) is 7.57. The van der Waals surface area contributed by atoms with Crippen LogP contribution < -0.4 is 4.90 Å². The average molecular weight is 416 g/mol. The predicted molar refractivity (Wildman–Crippen MR) is 101 cm³/mol. The zero-order valence-electron chi connectivity index (χ0n) is 14.3. The van der Waals surface area contributed by atoms with E-state index in [-0.39, 0.29) is 23.3 Å². The maximum absolute atomic E-state index is 13.4. The molecule has 4 nitrogen and oxygen atoms in total. The number of aromatic nitrogens is 1. The first kappa shape index (κ1) is 16.2. The van der Waals surface area contributed by atoms with Gasteiger partial charge in [-0.15, -0.1) is 0 Å².